The van der Waals surface area contributed by atoms with Gasteiger partial charge in [-0.3, -0.25) is 14.4 Å². The summed E-state index contributed by atoms with van der Waals surface area (Å²) in [5, 5.41) is 31.2. The van der Waals surface area contributed by atoms with E-state index in [1.807, 2.05) is 13.0 Å². The Morgan fingerprint density at radius 3 is 2.04 bits per heavy atom. The number of nitrogens with one attached hydrogen (secondary N) is 1. The van der Waals surface area contributed by atoms with Crippen LogP contribution in [0.1, 0.15) is 41.0 Å². The summed E-state index contributed by atoms with van der Waals surface area (Å²) in [5.74, 6) is -4.86. The molecule has 0 fully saturated rings. The summed E-state index contributed by atoms with van der Waals surface area (Å²) in [7, 11) is 0. The molecule has 5 atom stereocenters. The van der Waals surface area contributed by atoms with Crippen molar-refractivity contribution in [1.82, 2.24) is 5.32 Å². The van der Waals surface area contributed by atoms with Gasteiger partial charge in [0, 0.05) is 5.92 Å². The molecule has 138 valence electrons. The van der Waals surface area contributed by atoms with Crippen LogP contribution < -0.4 is 5.32 Å². The maximum Gasteiger partial charge on any atom is 0.308 e. The molecule has 0 saturated carbocycles. The standard InChI is InChI=1S/C17H29NO6/c1-6-7-9(2)14(20)11(4)16(22)18-8-13(19)10(3)15(21)12(5)17(23)24/h7,10-12,14-15,20-21H,6,8H2,1-5H3,(H,18,22)(H,23,24)/b9-7+/t10-,11+,12-,14+,15+/m1/s1. The fourth-order valence-corrected chi connectivity index (χ4v) is 2.25. The van der Waals surface area contributed by atoms with Crippen molar-refractivity contribution in [1.29, 1.82) is 0 Å². The number of carboxylic acid groups (broad SMARTS) is 1. The van der Waals surface area contributed by atoms with Crippen LogP contribution in [0, 0.1) is 17.8 Å². The molecular weight excluding hydrogens is 314 g/mol. The van der Waals surface area contributed by atoms with Gasteiger partial charge in [-0.25, -0.2) is 0 Å². The average Bonchev–Trinajstić information content (AvgIpc) is 2.55. The van der Waals surface area contributed by atoms with Gasteiger partial charge in [0.15, 0.2) is 5.78 Å². The maximum absolute atomic E-state index is 12.0. The van der Waals surface area contributed by atoms with Gasteiger partial charge in [-0.05, 0) is 25.8 Å². The summed E-state index contributed by atoms with van der Waals surface area (Å²) in [4.78, 5) is 34.9. The van der Waals surface area contributed by atoms with Crippen LogP contribution in [0.2, 0.25) is 0 Å². The number of hydrogen-bond donors (Lipinski definition) is 4. The van der Waals surface area contributed by atoms with Crippen molar-refractivity contribution in [3.8, 4) is 0 Å². The summed E-state index contributed by atoms with van der Waals surface area (Å²) < 4.78 is 0. The van der Waals surface area contributed by atoms with Crippen molar-refractivity contribution >= 4 is 17.7 Å². The lowest BCUT2D eigenvalue weighted by Gasteiger charge is -2.22. The zero-order chi connectivity index (χ0) is 19.0. The predicted molar refractivity (Wildman–Crippen MR) is 89.2 cm³/mol. The molecular formula is C17H29NO6. The van der Waals surface area contributed by atoms with Gasteiger partial charge in [0.05, 0.1) is 30.6 Å². The molecule has 1 amide bonds. The second-order valence-corrected chi connectivity index (χ2v) is 6.18. The Morgan fingerprint density at radius 1 is 1.04 bits per heavy atom. The Morgan fingerprint density at radius 2 is 1.58 bits per heavy atom. The molecule has 0 unspecified atom stereocenters. The van der Waals surface area contributed by atoms with Gasteiger partial charge in [-0.2, -0.15) is 0 Å². The molecule has 0 heterocycles. The lowest BCUT2D eigenvalue weighted by Crippen LogP contribution is -2.43. The molecule has 24 heavy (non-hydrogen) atoms. The number of aliphatic hydroxyl groups is 2. The Balaban J connectivity index is 4.62. The van der Waals surface area contributed by atoms with Crippen LogP contribution >= 0.6 is 0 Å². The smallest absolute Gasteiger partial charge is 0.308 e. The van der Waals surface area contributed by atoms with Crippen LogP contribution in [-0.2, 0) is 14.4 Å². The fourth-order valence-electron chi connectivity index (χ4n) is 2.25. The van der Waals surface area contributed by atoms with E-state index < -0.39 is 47.6 Å². The number of carbonyl (C=O) groups excluding carboxylic acids is 2. The number of aliphatic hydroxyl groups excluding tert-OH is 2. The van der Waals surface area contributed by atoms with Gasteiger partial charge in [0.2, 0.25) is 5.91 Å². The lowest BCUT2D eigenvalue weighted by molar-refractivity contribution is -0.147. The van der Waals surface area contributed by atoms with Gasteiger partial charge in [-0.15, -0.1) is 0 Å². The van der Waals surface area contributed by atoms with E-state index in [0.29, 0.717) is 5.57 Å². The minimum Gasteiger partial charge on any atom is -0.481 e. The van der Waals surface area contributed by atoms with Crippen molar-refractivity contribution in [2.24, 2.45) is 17.8 Å². The van der Waals surface area contributed by atoms with Crippen LogP contribution in [0.15, 0.2) is 11.6 Å². The number of ketones is 1. The molecule has 0 aromatic rings. The quantitative estimate of drug-likeness (QED) is 0.434. The number of hydrogen-bond acceptors (Lipinski definition) is 5. The van der Waals surface area contributed by atoms with Crippen molar-refractivity contribution in [2.45, 2.75) is 53.2 Å². The van der Waals surface area contributed by atoms with E-state index >= 15 is 0 Å². The van der Waals surface area contributed by atoms with E-state index in [1.165, 1.54) is 13.8 Å². The SMILES string of the molecule is CC/C=C(\C)[C@H](O)[C@H](C)C(=O)NCC(=O)[C@@H](C)[C@H](O)[C@@H](C)C(=O)O. The molecule has 7 nitrogen and oxygen atoms in total. The number of aliphatic carboxylic acids is 1. The van der Waals surface area contributed by atoms with E-state index in [9.17, 15) is 24.6 Å². The number of Topliss-reactive ketones (excluding diaryl/α,β-unsaturated/α-hetero) is 1. The molecule has 0 spiro atoms. The number of carboxylic acids is 1. The average molecular weight is 343 g/mol. The van der Waals surface area contributed by atoms with Crippen molar-refractivity contribution in [2.75, 3.05) is 6.54 Å². The minimum absolute atomic E-state index is 0.322. The second-order valence-electron chi connectivity index (χ2n) is 6.18. The molecule has 0 aliphatic heterocycles. The Labute approximate surface area is 142 Å². The number of rotatable bonds is 10. The number of allylic oxidation sites excluding steroid dienone is 1. The molecule has 0 radical (unpaired) electrons. The van der Waals surface area contributed by atoms with E-state index in [4.69, 9.17) is 5.11 Å². The third-order valence-corrected chi connectivity index (χ3v) is 4.24. The van der Waals surface area contributed by atoms with Gasteiger partial charge < -0.3 is 20.6 Å². The summed E-state index contributed by atoms with van der Waals surface area (Å²) in [6.45, 7) is 7.63. The second kappa shape index (κ2) is 10.2. The molecule has 0 bridgehead atoms. The minimum atomic E-state index is -1.33. The first-order valence-electron chi connectivity index (χ1n) is 8.10. The highest BCUT2D eigenvalue weighted by molar-refractivity contribution is 5.89. The van der Waals surface area contributed by atoms with E-state index in [0.717, 1.165) is 6.42 Å². The highest BCUT2D eigenvalue weighted by Crippen LogP contribution is 2.15. The Kier molecular flexibility index (Phi) is 9.47. The highest BCUT2D eigenvalue weighted by atomic mass is 16.4. The van der Waals surface area contributed by atoms with Gasteiger partial charge in [0.1, 0.15) is 0 Å². The third-order valence-electron chi connectivity index (χ3n) is 4.24. The van der Waals surface area contributed by atoms with Crippen LogP contribution in [0.5, 0.6) is 0 Å². The lowest BCUT2D eigenvalue weighted by atomic mass is 9.90. The molecule has 4 N–H and O–H groups in total. The van der Waals surface area contributed by atoms with E-state index in [2.05, 4.69) is 5.32 Å². The van der Waals surface area contributed by atoms with Crippen LogP contribution in [0.4, 0.5) is 0 Å². The van der Waals surface area contributed by atoms with Gasteiger partial charge in [-0.1, -0.05) is 26.8 Å². The molecule has 0 aromatic carbocycles. The van der Waals surface area contributed by atoms with Crippen molar-refractivity contribution < 1.29 is 29.7 Å². The largest absolute Gasteiger partial charge is 0.481 e. The van der Waals surface area contributed by atoms with Gasteiger partial charge >= 0.3 is 5.97 Å². The summed E-state index contributed by atoms with van der Waals surface area (Å²) in [6, 6.07) is 0. The van der Waals surface area contributed by atoms with Gasteiger partial charge in [0.25, 0.3) is 0 Å². The molecule has 7 heteroatoms. The molecule has 0 saturated heterocycles. The van der Waals surface area contributed by atoms with Crippen LogP contribution in [0.25, 0.3) is 0 Å². The normalized spacial score (nSPS) is 18.2. The maximum atomic E-state index is 12.0. The monoisotopic (exact) mass is 343 g/mol. The third kappa shape index (κ3) is 6.41. The summed E-state index contributed by atoms with van der Waals surface area (Å²) in [6.07, 6.45) is 0.304. The first-order valence-corrected chi connectivity index (χ1v) is 8.10. The number of amides is 1. The molecule has 0 aliphatic rings. The first kappa shape index (κ1) is 22.3. The molecule has 0 aliphatic carbocycles. The first-order chi connectivity index (χ1) is 11.0. The Bertz CT molecular complexity index is 487. The Hall–Kier alpha value is -1.73. The fraction of sp³-hybridized carbons (Fsp3) is 0.706. The summed E-state index contributed by atoms with van der Waals surface area (Å²) in [5.41, 5.74) is 0.686. The van der Waals surface area contributed by atoms with Crippen molar-refractivity contribution in [3.63, 3.8) is 0 Å². The molecule has 0 aromatic heterocycles. The topological polar surface area (TPSA) is 124 Å². The molecule has 0 rings (SSSR count). The van der Waals surface area contributed by atoms with Crippen LogP contribution in [0.3, 0.4) is 0 Å². The zero-order valence-corrected chi connectivity index (χ0v) is 14.9. The van der Waals surface area contributed by atoms with E-state index in [1.54, 1.807) is 13.8 Å². The predicted octanol–water partition coefficient (Wildman–Crippen LogP) is 0.743. The van der Waals surface area contributed by atoms with Crippen LogP contribution in [-0.4, -0.2) is 51.7 Å². The summed E-state index contributed by atoms with van der Waals surface area (Å²) >= 11 is 0. The number of carbonyl (C=O) groups is 3. The van der Waals surface area contributed by atoms with E-state index in [-0.39, 0.29) is 6.54 Å². The van der Waals surface area contributed by atoms with Crippen molar-refractivity contribution in [3.05, 3.63) is 11.6 Å². The highest BCUT2D eigenvalue weighted by Gasteiger charge is 2.31. The zero-order valence-electron chi connectivity index (χ0n) is 14.9.